The van der Waals surface area contributed by atoms with Gasteiger partial charge in [-0.3, -0.25) is 4.70 Å². The van der Waals surface area contributed by atoms with E-state index in [-0.39, 0.29) is 82.2 Å². The van der Waals surface area contributed by atoms with Crippen molar-refractivity contribution in [3.8, 4) is 0 Å². The van der Waals surface area contributed by atoms with Crippen molar-refractivity contribution >= 4 is 71.8 Å². The van der Waals surface area contributed by atoms with Crippen molar-refractivity contribution in [1.29, 1.82) is 0 Å². The van der Waals surface area contributed by atoms with Gasteiger partial charge in [0.1, 0.15) is 0 Å². The fourth-order valence-electron chi connectivity index (χ4n) is 0. The SMILES string of the molecule is F.[Ca+2].[H-].[H-].[H-].[H-].[Mg+2].[SiH4]. The Bertz CT molecular complexity index is 16.0. The van der Waals surface area contributed by atoms with E-state index in [1.54, 1.807) is 0 Å². The standard InChI is InChI=1S/Ca.FH.Mg.H4Si.4H/h;1H;;1H4;;;;/q+2;;+2;;4*-1. The van der Waals surface area contributed by atoms with Gasteiger partial charge >= 0.3 is 60.8 Å². The number of hydrogen-bond donors (Lipinski definition) is 0. The summed E-state index contributed by atoms with van der Waals surface area (Å²) < 4.78 is 0. The van der Waals surface area contributed by atoms with Crippen molar-refractivity contribution in [1.82, 2.24) is 0 Å². The molecule has 0 nitrogen and oxygen atoms in total. The average molecular weight is 121 g/mol. The summed E-state index contributed by atoms with van der Waals surface area (Å²) in [5.41, 5.74) is 0. The van der Waals surface area contributed by atoms with Gasteiger partial charge in [0, 0.05) is 0 Å². The molecule has 0 aromatic carbocycles. The summed E-state index contributed by atoms with van der Waals surface area (Å²) in [5, 5.41) is 0. The minimum Gasteiger partial charge on any atom is -1.00 e. The number of halogens is 1. The first kappa shape index (κ1) is 35.0. The maximum atomic E-state index is 0. The number of rotatable bonds is 0. The molecule has 0 saturated carbocycles. The zero-order chi connectivity index (χ0) is 0. The van der Waals surface area contributed by atoms with Gasteiger partial charge in [0.2, 0.25) is 0 Å². The van der Waals surface area contributed by atoms with Crippen LogP contribution in [0.4, 0.5) is 4.70 Å². The summed E-state index contributed by atoms with van der Waals surface area (Å²) in [4.78, 5) is 0. The average Bonchev–Trinajstić information content (AvgIpc) is 0. The van der Waals surface area contributed by atoms with E-state index in [2.05, 4.69) is 0 Å². The molecule has 4 heteroatoms. The molecule has 0 N–H and O–H groups in total. The Balaban J connectivity index is 0. The van der Waals surface area contributed by atoms with Gasteiger partial charge in [0.05, 0.1) is 0 Å². The summed E-state index contributed by atoms with van der Waals surface area (Å²) in [7, 11) is 0. The van der Waals surface area contributed by atoms with Crippen LogP contribution in [0.1, 0.15) is 5.71 Å². The van der Waals surface area contributed by atoms with Crippen molar-refractivity contribution in [3.05, 3.63) is 0 Å². The van der Waals surface area contributed by atoms with Crippen LogP contribution >= 0.6 is 0 Å². The van der Waals surface area contributed by atoms with Crippen LogP contribution in [0.5, 0.6) is 0 Å². The Hall–Kier alpha value is 2.17. The van der Waals surface area contributed by atoms with Crippen molar-refractivity contribution in [3.63, 3.8) is 0 Å². The second kappa shape index (κ2) is 19.1. The topological polar surface area (TPSA) is 0 Å². The maximum absolute atomic E-state index is 0. The summed E-state index contributed by atoms with van der Waals surface area (Å²) in [6, 6.07) is 0. The molecule has 0 unspecified atom stereocenters. The fraction of sp³-hybridized carbons (Fsp3) is 0. The third-order valence-electron chi connectivity index (χ3n) is 0. The Morgan fingerprint density at radius 1 is 1.25 bits per heavy atom. The van der Waals surface area contributed by atoms with Gasteiger partial charge in [-0.25, -0.2) is 0 Å². The van der Waals surface area contributed by atoms with Gasteiger partial charge in [-0.05, 0) is 11.0 Å². The van der Waals surface area contributed by atoms with E-state index in [9.17, 15) is 0 Å². The zero-order valence-corrected chi connectivity index (χ0v) is 5.45. The summed E-state index contributed by atoms with van der Waals surface area (Å²) in [6.45, 7) is 0. The molecule has 0 aliphatic rings. The minimum atomic E-state index is 0. The van der Waals surface area contributed by atoms with E-state index in [1.807, 2.05) is 0 Å². The van der Waals surface area contributed by atoms with Crippen LogP contribution < -0.4 is 0 Å². The number of hydrogen-bond acceptors (Lipinski definition) is 0. The molecule has 0 radical (unpaired) electrons. The van der Waals surface area contributed by atoms with Crippen molar-refractivity contribution in [2.75, 3.05) is 0 Å². The van der Waals surface area contributed by atoms with Crippen LogP contribution in [0, 0.1) is 0 Å². The van der Waals surface area contributed by atoms with Crippen molar-refractivity contribution in [2.24, 2.45) is 0 Å². The van der Waals surface area contributed by atoms with Crippen LogP contribution in [0.2, 0.25) is 0 Å². The van der Waals surface area contributed by atoms with Crippen LogP contribution in [0.25, 0.3) is 0 Å². The van der Waals surface area contributed by atoms with Gasteiger partial charge in [-0.1, -0.05) is 0 Å². The monoisotopic (exact) mass is 120 g/mol. The third-order valence-corrected chi connectivity index (χ3v) is 0. The van der Waals surface area contributed by atoms with Gasteiger partial charge < -0.3 is 5.71 Å². The molecule has 0 aromatic rings. The molecular formula is H9CaFMgSi. The van der Waals surface area contributed by atoms with E-state index >= 15 is 0 Å². The van der Waals surface area contributed by atoms with Crippen molar-refractivity contribution in [2.45, 2.75) is 0 Å². The Morgan fingerprint density at radius 2 is 1.25 bits per heavy atom. The fourth-order valence-corrected chi connectivity index (χ4v) is 0. The van der Waals surface area contributed by atoms with Gasteiger partial charge in [0.15, 0.2) is 0 Å². The first-order valence-electron chi connectivity index (χ1n) is 0. The first-order chi connectivity index (χ1) is 0. The molecule has 0 heterocycles. The molecule has 0 rings (SSSR count). The van der Waals surface area contributed by atoms with E-state index in [0.29, 0.717) is 0 Å². The Kier molecular flexibility index (Phi) is 167. The molecule has 0 aromatic heterocycles. The molecule has 0 amide bonds. The third kappa shape index (κ3) is 8.90. The van der Waals surface area contributed by atoms with Crippen LogP contribution in [-0.2, 0) is 0 Å². The van der Waals surface area contributed by atoms with Gasteiger partial charge in [-0.2, -0.15) is 0 Å². The molecular weight excluding hydrogens is 111 g/mol. The van der Waals surface area contributed by atoms with E-state index in [0.717, 1.165) is 0 Å². The smallest absolute Gasteiger partial charge is 1.00 e. The van der Waals surface area contributed by atoms with Crippen LogP contribution in [0.15, 0.2) is 0 Å². The van der Waals surface area contributed by atoms with E-state index in [1.165, 1.54) is 0 Å². The largest absolute Gasteiger partial charge is 2.00 e. The molecule has 0 aliphatic heterocycles. The molecule has 0 fully saturated rings. The summed E-state index contributed by atoms with van der Waals surface area (Å²) in [5.74, 6) is 0. The van der Waals surface area contributed by atoms with Crippen LogP contribution in [-0.4, -0.2) is 71.8 Å². The molecule has 0 saturated heterocycles. The molecule has 24 valence electrons. The van der Waals surface area contributed by atoms with E-state index in [4.69, 9.17) is 0 Å². The molecule has 0 spiro atoms. The predicted molar refractivity (Wildman–Crippen MR) is 29.8 cm³/mol. The quantitative estimate of drug-likeness (QED) is 0.338. The van der Waals surface area contributed by atoms with Crippen molar-refractivity contribution < 1.29 is 10.4 Å². The minimum absolute atomic E-state index is 0. The van der Waals surface area contributed by atoms with Gasteiger partial charge in [0.25, 0.3) is 0 Å². The molecule has 0 aliphatic carbocycles. The zero-order valence-electron chi connectivity index (χ0n) is 5.82. The molecule has 4 heavy (non-hydrogen) atoms. The normalized spacial score (nSPS) is 0. The Labute approximate surface area is 81.2 Å². The molecule has 0 bridgehead atoms. The van der Waals surface area contributed by atoms with Gasteiger partial charge in [-0.15, -0.1) is 0 Å². The second-order valence-corrected chi connectivity index (χ2v) is 0. The summed E-state index contributed by atoms with van der Waals surface area (Å²) >= 11 is 0. The maximum Gasteiger partial charge on any atom is 2.00 e. The van der Waals surface area contributed by atoms with E-state index < -0.39 is 0 Å². The predicted octanol–water partition coefficient (Wildman–Crippen LogP) is -1.61. The first-order valence-corrected chi connectivity index (χ1v) is 0. The molecule has 0 atom stereocenters. The second-order valence-electron chi connectivity index (χ2n) is 0. The van der Waals surface area contributed by atoms with Crippen LogP contribution in [0.3, 0.4) is 0 Å². The Morgan fingerprint density at radius 3 is 1.25 bits per heavy atom. The summed E-state index contributed by atoms with van der Waals surface area (Å²) in [6.07, 6.45) is 0.